The molecule has 1 aliphatic heterocycles. The summed E-state index contributed by atoms with van der Waals surface area (Å²) in [6.45, 7) is 5.74. The van der Waals surface area contributed by atoms with E-state index in [1.807, 2.05) is 62.4 Å². The van der Waals surface area contributed by atoms with E-state index < -0.39 is 11.6 Å². The van der Waals surface area contributed by atoms with Crippen molar-refractivity contribution in [2.75, 3.05) is 6.54 Å². The third-order valence-corrected chi connectivity index (χ3v) is 7.41. The summed E-state index contributed by atoms with van der Waals surface area (Å²) < 4.78 is 2.13. The highest BCUT2D eigenvalue weighted by molar-refractivity contribution is 6.12. The average molecular weight is 456 g/mol. The number of nitrogens with zero attached hydrogens (tertiary/aromatic N) is 2. The molecule has 34 heavy (non-hydrogen) atoms. The van der Waals surface area contributed by atoms with Crippen molar-refractivity contribution in [2.24, 2.45) is 0 Å². The van der Waals surface area contributed by atoms with Gasteiger partial charge >= 0.3 is 6.03 Å². The molecule has 1 fully saturated rings. The van der Waals surface area contributed by atoms with Gasteiger partial charge in [-0.3, -0.25) is 14.5 Å². The lowest BCUT2D eigenvalue weighted by Gasteiger charge is -2.33. The molecule has 1 spiro atoms. The summed E-state index contributed by atoms with van der Waals surface area (Å²) in [6.07, 6.45) is 2.23. The van der Waals surface area contributed by atoms with Gasteiger partial charge in [-0.1, -0.05) is 54.6 Å². The first-order chi connectivity index (χ1) is 16.3. The smallest absolute Gasteiger partial charge is 0.325 e. The molecule has 6 nitrogen and oxygen atoms in total. The summed E-state index contributed by atoms with van der Waals surface area (Å²) in [5.41, 5.74) is 4.36. The van der Waals surface area contributed by atoms with Crippen molar-refractivity contribution in [1.82, 2.24) is 14.8 Å². The van der Waals surface area contributed by atoms with Crippen molar-refractivity contribution in [1.29, 1.82) is 0 Å². The van der Waals surface area contributed by atoms with Crippen LogP contribution in [-0.4, -0.2) is 33.7 Å². The van der Waals surface area contributed by atoms with E-state index in [1.54, 1.807) is 0 Å². The van der Waals surface area contributed by atoms with E-state index in [-0.39, 0.29) is 24.3 Å². The van der Waals surface area contributed by atoms with Gasteiger partial charge in [-0.25, -0.2) is 4.79 Å². The van der Waals surface area contributed by atoms with Crippen LogP contribution < -0.4 is 5.32 Å². The van der Waals surface area contributed by atoms with Crippen LogP contribution in [0, 0.1) is 13.8 Å². The Labute approximate surface area is 199 Å². The second-order valence-electron chi connectivity index (χ2n) is 9.40. The fraction of sp³-hybridized carbons (Fsp3) is 0.321. The van der Waals surface area contributed by atoms with Crippen LogP contribution in [0.2, 0.25) is 0 Å². The van der Waals surface area contributed by atoms with Crippen molar-refractivity contribution >= 4 is 17.7 Å². The first-order valence-electron chi connectivity index (χ1n) is 11.8. The molecular weight excluding hydrogens is 426 g/mol. The summed E-state index contributed by atoms with van der Waals surface area (Å²) >= 11 is 0. The van der Waals surface area contributed by atoms with E-state index in [9.17, 15) is 14.4 Å². The SMILES string of the molecule is Cc1cc(C(=O)CN2C(=O)N[C@@]3(CCCc4ccccc43)C2=O)c(C)n1[C@H](C)c1ccccc1. The fourth-order valence-electron chi connectivity index (χ4n) is 5.72. The minimum Gasteiger partial charge on any atom is -0.341 e. The number of hydrogen-bond acceptors (Lipinski definition) is 3. The third kappa shape index (κ3) is 3.36. The van der Waals surface area contributed by atoms with Crippen LogP contribution >= 0.6 is 0 Å². The number of carbonyl (C=O) groups is 3. The Balaban J connectivity index is 1.42. The molecule has 1 aliphatic carbocycles. The molecule has 1 saturated heterocycles. The van der Waals surface area contributed by atoms with Crippen LogP contribution in [0.5, 0.6) is 0 Å². The molecule has 5 rings (SSSR count). The zero-order valence-electron chi connectivity index (χ0n) is 19.8. The van der Waals surface area contributed by atoms with Gasteiger partial charge in [-0.2, -0.15) is 0 Å². The summed E-state index contributed by atoms with van der Waals surface area (Å²) in [5, 5.41) is 2.93. The lowest BCUT2D eigenvalue weighted by atomic mass is 9.76. The maximum absolute atomic E-state index is 13.6. The lowest BCUT2D eigenvalue weighted by molar-refractivity contribution is -0.131. The number of benzene rings is 2. The van der Waals surface area contributed by atoms with Crippen molar-refractivity contribution in [2.45, 2.75) is 51.6 Å². The van der Waals surface area contributed by atoms with Gasteiger partial charge in [-0.05, 0) is 62.8 Å². The van der Waals surface area contributed by atoms with Gasteiger partial charge in [0, 0.05) is 17.0 Å². The molecule has 174 valence electrons. The van der Waals surface area contributed by atoms with Gasteiger partial charge in [0.1, 0.15) is 5.54 Å². The number of imide groups is 1. The molecule has 0 unspecified atom stereocenters. The highest BCUT2D eigenvalue weighted by atomic mass is 16.2. The van der Waals surface area contributed by atoms with Crippen LogP contribution in [-0.2, 0) is 16.8 Å². The van der Waals surface area contributed by atoms with Crippen molar-refractivity contribution in [3.63, 3.8) is 0 Å². The Morgan fingerprint density at radius 2 is 1.76 bits per heavy atom. The summed E-state index contributed by atoms with van der Waals surface area (Å²) in [7, 11) is 0. The Bertz CT molecular complexity index is 1290. The number of hydrogen-bond donors (Lipinski definition) is 1. The molecule has 2 aromatic carbocycles. The third-order valence-electron chi connectivity index (χ3n) is 7.41. The van der Waals surface area contributed by atoms with E-state index in [1.165, 1.54) is 0 Å². The molecule has 1 N–H and O–H groups in total. The monoisotopic (exact) mass is 455 g/mol. The molecule has 2 atom stereocenters. The fourth-order valence-corrected chi connectivity index (χ4v) is 5.72. The van der Waals surface area contributed by atoms with Crippen LogP contribution in [0.3, 0.4) is 0 Å². The van der Waals surface area contributed by atoms with Crippen molar-refractivity contribution < 1.29 is 14.4 Å². The Morgan fingerprint density at radius 3 is 2.53 bits per heavy atom. The van der Waals surface area contributed by atoms with Gasteiger partial charge in [0.2, 0.25) is 0 Å². The quantitative estimate of drug-likeness (QED) is 0.449. The molecule has 1 aromatic heterocycles. The van der Waals surface area contributed by atoms with Gasteiger partial charge in [0.15, 0.2) is 5.78 Å². The topological polar surface area (TPSA) is 71.4 Å². The highest BCUT2D eigenvalue weighted by Crippen LogP contribution is 2.40. The number of rotatable bonds is 5. The number of aromatic nitrogens is 1. The molecule has 2 heterocycles. The van der Waals surface area contributed by atoms with Crippen molar-refractivity contribution in [3.8, 4) is 0 Å². The number of ketones is 1. The first-order valence-corrected chi connectivity index (χ1v) is 11.8. The van der Waals surface area contributed by atoms with Crippen LogP contribution in [0.4, 0.5) is 4.79 Å². The predicted molar refractivity (Wildman–Crippen MR) is 130 cm³/mol. The molecule has 0 radical (unpaired) electrons. The maximum atomic E-state index is 13.6. The first kappa shape index (κ1) is 22.1. The maximum Gasteiger partial charge on any atom is 0.325 e. The zero-order chi connectivity index (χ0) is 24.0. The van der Waals surface area contributed by atoms with Crippen molar-refractivity contribution in [3.05, 3.63) is 94.3 Å². The van der Waals surface area contributed by atoms with Gasteiger partial charge in [0.25, 0.3) is 5.91 Å². The van der Waals surface area contributed by atoms with E-state index in [0.29, 0.717) is 12.0 Å². The Morgan fingerprint density at radius 1 is 1.06 bits per heavy atom. The van der Waals surface area contributed by atoms with E-state index in [0.717, 1.165) is 45.8 Å². The highest BCUT2D eigenvalue weighted by Gasteiger charge is 2.54. The van der Waals surface area contributed by atoms with Gasteiger partial charge < -0.3 is 9.88 Å². The second-order valence-corrected chi connectivity index (χ2v) is 9.40. The Hall–Kier alpha value is -3.67. The minimum atomic E-state index is -1.06. The van der Waals surface area contributed by atoms with Gasteiger partial charge in [-0.15, -0.1) is 0 Å². The molecule has 3 amide bonds. The predicted octanol–water partition coefficient (Wildman–Crippen LogP) is 4.68. The van der Waals surface area contributed by atoms with E-state index >= 15 is 0 Å². The molecule has 2 aliphatic rings. The van der Waals surface area contributed by atoms with E-state index in [4.69, 9.17) is 0 Å². The number of fused-ring (bicyclic) bond motifs is 2. The van der Waals surface area contributed by atoms with E-state index in [2.05, 4.69) is 28.9 Å². The lowest BCUT2D eigenvalue weighted by Crippen LogP contribution is -2.46. The molecule has 0 bridgehead atoms. The molecular formula is C28H29N3O3. The average Bonchev–Trinajstić information content (AvgIpc) is 3.27. The van der Waals surface area contributed by atoms with Crippen LogP contribution in [0.1, 0.15) is 64.2 Å². The Kier molecular flexibility index (Phi) is 5.39. The second kappa shape index (κ2) is 8.28. The van der Waals surface area contributed by atoms with Crippen LogP contribution in [0.15, 0.2) is 60.7 Å². The number of nitrogens with one attached hydrogen (secondary N) is 1. The molecule has 0 saturated carbocycles. The number of amides is 3. The summed E-state index contributed by atoms with van der Waals surface area (Å²) in [4.78, 5) is 40.9. The number of carbonyl (C=O) groups excluding carboxylic acids is 3. The zero-order valence-corrected chi connectivity index (χ0v) is 19.8. The number of urea groups is 1. The largest absolute Gasteiger partial charge is 0.341 e. The number of aryl methyl sites for hydroxylation is 2. The summed E-state index contributed by atoms with van der Waals surface area (Å²) in [5.74, 6) is -0.561. The normalized spacial score (nSPS) is 20.4. The summed E-state index contributed by atoms with van der Waals surface area (Å²) in [6, 6.07) is 19.3. The molecule has 6 heteroatoms. The van der Waals surface area contributed by atoms with Gasteiger partial charge in [0.05, 0.1) is 12.6 Å². The number of Topliss-reactive ketones (excluding diaryl/α,β-unsaturated/α-hetero) is 1. The molecule has 3 aromatic rings. The minimum absolute atomic E-state index is 0.0569. The van der Waals surface area contributed by atoms with Crippen LogP contribution in [0.25, 0.3) is 0 Å². The standard InChI is InChI=1S/C28H29N3O3/c1-18-16-23(20(3)31(18)19(2)21-10-5-4-6-11-21)25(32)17-30-26(33)28(29-27(30)34)15-9-13-22-12-7-8-14-24(22)28/h4-8,10-12,14,16,19H,9,13,15,17H2,1-3H3,(H,29,34)/t19-,28-/m1/s1.